The second-order valence-electron chi connectivity index (χ2n) is 8.91. The number of amides is 3. The van der Waals surface area contributed by atoms with Gasteiger partial charge >= 0.3 is 6.09 Å². The summed E-state index contributed by atoms with van der Waals surface area (Å²) in [5.74, 6) is 1.39. The molecule has 0 saturated heterocycles. The van der Waals surface area contributed by atoms with Crippen LogP contribution in [-0.2, 0) is 14.3 Å². The van der Waals surface area contributed by atoms with Crippen molar-refractivity contribution in [2.24, 2.45) is 0 Å². The number of nitrogens with one attached hydrogen (secondary N) is 2. The molecule has 1 atom stereocenters. The van der Waals surface area contributed by atoms with Gasteiger partial charge in [0.25, 0.3) is 0 Å². The zero-order valence-corrected chi connectivity index (χ0v) is 18.9. The van der Waals surface area contributed by atoms with E-state index in [2.05, 4.69) is 16.6 Å². The lowest BCUT2D eigenvalue weighted by molar-refractivity contribution is -0.140. The molecule has 0 saturated carbocycles. The van der Waals surface area contributed by atoms with E-state index in [9.17, 15) is 19.6 Å². The summed E-state index contributed by atoms with van der Waals surface area (Å²) in [5.41, 5.74) is -0.489. The van der Waals surface area contributed by atoms with E-state index in [0.29, 0.717) is 11.1 Å². The summed E-state index contributed by atoms with van der Waals surface area (Å²) in [6.45, 7) is 9.66. The first-order valence-corrected chi connectivity index (χ1v) is 9.80. The van der Waals surface area contributed by atoms with Gasteiger partial charge in [-0.3, -0.25) is 9.59 Å². The van der Waals surface area contributed by atoms with Crippen molar-refractivity contribution in [1.29, 1.82) is 5.26 Å². The average Bonchev–Trinajstić information content (AvgIpc) is 2.63. The Morgan fingerprint density at radius 2 is 1.77 bits per heavy atom. The van der Waals surface area contributed by atoms with Gasteiger partial charge in [-0.2, -0.15) is 5.26 Å². The van der Waals surface area contributed by atoms with Gasteiger partial charge in [-0.1, -0.05) is 24.1 Å². The Morgan fingerprint density at radius 1 is 1.16 bits per heavy atom. The number of nitriles is 1. The number of hydrogen-bond donors (Lipinski definition) is 2. The molecule has 3 amide bonds. The molecule has 0 aliphatic carbocycles. The molecule has 8 heteroatoms. The van der Waals surface area contributed by atoms with Gasteiger partial charge < -0.3 is 20.3 Å². The minimum atomic E-state index is -1.15. The van der Waals surface area contributed by atoms with Crippen LogP contribution in [0, 0.1) is 23.7 Å². The lowest BCUT2D eigenvalue weighted by Crippen LogP contribution is -2.51. The number of nitrogens with zero attached hydrogens (tertiary/aromatic N) is 2. The number of ether oxygens (including phenoxy) is 1. The first kappa shape index (κ1) is 25.5. The van der Waals surface area contributed by atoms with Crippen LogP contribution in [0.1, 0.15) is 58.7 Å². The van der Waals surface area contributed by atoms with Crippen molar-refractivity contribution in [3.05, 3.63) is 35.4 Å². The maximum Gasteiger partial charge on any atom is 0.408 e. The molecule has 1 rings (SSSR count). The van der Waals surface area contributed by atoms with Gasteiger partial charge in [0.2, 0.25) is 11.8 Å². The quantitative estimate of drug-likeness (QED) is 0.536. The van der Waals surface area contributed by atoms with E-state index in [1.165, 1.54) is 0 Å². The van der Waals surface area contributed by atoms with Crippen LogP contribution >= 0.6 is 0 Å². The maximum atomic E-state index is 13.2. The molecule has 0 fully saturated rings. The fraction of sp³-hybridized carbons (Fsp3) is 0.478. The van der Waals surface area contributed by atoms with E-state index in [4.69, 9.17) is 11.2 Å². The highest BCUT2D eigenvalue weighted by molar-refractivity contribution is 5.91. The van der Waals surface area contributed by atoms with Crippen molar-refractivity contribution < 1.29 is 19.1 Å². The summed E-state index contributed by atoms with van der Waals surface area (Å²) < 4.78 is 5.13. The fourth-order valence-electron chi connectivity index (χ4n) is 2.72. The predicted octanol–water partition coefficient (Wildman–Crippen LogP) is 2.50. The summed E-state index contributed by atoms with van der Waals surface area (Å²) in [4.78, 5) is 39.2. The molecule has 0 aliphatic rings. The monoisotopic (exact) mass is 426 g/mol. The number of hydrogen-bond acceptors (Lipinski definition) is 5. The average molecular weight is 427 g/mol. The first-order valence-electron chi connectivity index (χ1n) is 9.80. The summed E-state index contributed by atoms with van der Waals surface area (Å²) >= 11 is 0. The SMILES string of the molecule is C#Cc1ccccc1C(C(=O)NC(C)(C)C)N(CC#N)C(=O)CNC(=O)OC(C)(C)C. The topological polar surface area (TPSA) is 112 Å². The third kappa shape index (κ3) is 8.39. The van der Waals surface area contributed by atoms with E-state index in [-0.39, 0.29) is 6.54 Å². The molecule has 0 aromatic heterocycles. The van der Waals surface area contributed by atoms with Gasteiger partial charge in [-0.25, -0.2) is 4.79 Å². The molecule has 2 N–H and O–H groups in total. The number of alkyl carbamates (subject to hydrolysis) is 1. The van der Waals surface area contributed by atoms with E-state index in [1.807, 2.05) is 6.07 Å². The number of rotatable bonds is 6. The first-order chi connectivity index (χ1) is 14.3. The molecule has 31 heavy (non-hydrogen) atoms. The molecule has 8 nitrogen and oxygen atoms in total. The van der Waals surface area contributed by atoms with Crippen molar-refractivity contribution in [1.82, 2.24) is 15.5 Å². The van der Waals surface area contributed by atoms with Crippen molar-refractivity contribution in [2.75, 3.05) is 13.1 Å². The van der Waals surface area contributed by atoms with Crippen molar-refractivity contribution >= 4 is 17.9 Å². The Hall–Kier alpha value is -3.52. The van der Waals surface area contributed by atoms with Gasteiger partial charge in [0.05, 0.1) is 6.07 Å². The number of terminal acetylenes is 1. The van der Waals surface area contributed by atoms with Gasteiger partial charge in [0, 0.05) is 11.1 Å². The van der Waals surface area contributed by atoms with Crippen LogP contribution in [-0.4, -0.2) is 47.0 Å². The lowest BCUT2D eigenvalue weighted by atomic mass is 9.97. The molecule has 166 valence electrons. The standard InChI is InChI=1S/C23H30N4O4/c1-8-16-11-9-10-12-17(16)19(20(29)26-22(2,3)4)27(14-13-24)18(28)15-25-21(30)31-23(5,6)7/h1,9-12,19H,14-15H2,2-7H3,(H,25,30)(H,26,29). The van der Waals surface area contributed by atoms with Gasteiger partial charge in [0.1, 0.15) is 24.7 Å². The third-order valence-electron chi connectivity index (χ3n) is 3.81. The van der Waals surface area contributed by atoms with Crippen LogP contribution in [0.15, 0.2) is 24.3 Å². The van der Waals surface area contributed by atoms with Crippen LogP contribution in [0.2, 0.25) is 0 Å². The van der Waals surface area contributed by atoms with Crippen molar-refractivity contribution in [3.63, 3.8) is 0 Å². The lowest BCUT2D eigenvalue weighted by Gasteiger charge is -2.33. The largest absolute Gasteiger partial charge is 0.444 e. The van der Waals surface area contributed by atoms with Crippen LogP contribution in [0.3, 0.4) is 0 Å². The molecule has 1 aromatic rings. The summed E-state index contributed by atoms with van der Waals surface area (Å²) in [7, 11) is 0. The van der Waals surface area contributed by atoms with Gasteiger partial charge in [-0.15, -0.1) is 6.42 Å². The number of carbonyl (C=O) groups is 3. The smallest absolute Gasteiger partial charge is 0.408 e. The Labute approximate surface area is 183 Å². The maximum absolute atomic E-state index is 13.2. The van der Waals surface area contributed by atoms with Crippen LogP contribution in [0.5, 0.6) is 0 Å². The molecule has 0 heterocycles. The molecule has 0 spiro atoms. The Balaban J connectivity index is 3.28. The number of benzene rings is 1. The summed E-state index contributed by atoms with van der Waals surface area (Å²) in [6, 6.07) is 7.47. The van der Waals surface area contributed by atoms with Crippen molar-refractivity contribution in [2.45, 2.75) is 58.7 Å². The molecule has 0 radical (unpaired) electrons. The Bertz CT molecular complexity index is 898. The van der Waals surface area contributed by atoms with E-state index < -0.39 is 41.6 Å². The second kappa shape index (κ2) is 10.5. The molecule has 1 unspecified atom stereocenters. The summed E-state index contributed by atoms with van der Waals surface area (Å²) in [6.07, 6.45) is 4.82. The van der Waals surface area contributed by atoms with E-state index in [0.717, 1.165) is 4.90 Å². The zero-order chi connectivity index (χ0) is 23.8. The highest BCUT2D eigenvalue weighted by atomic mass is 16.6. The Kier molecular flexibility index (Phi) is 8.64. The molecule has 0 bridgehead atoms. The second-order valence-corrected chi connectivity index (χ2v) is 8.91. The highest BCUT2D eigenvalue weighted by Crippen LogP contribution is 2.25. The molecular formula is C23H30N4O4. The fourth-order valence-corrected chi connectivity index (χ4v) is 2.72. The van der Waals surface area contributed by atoms with Gasteiger partial charge in [0.15, 0.2) is 0 Å². The minimum Gasteiger partial charge on any atom is -0.444 e. The van der Waals surface area contributed by atoms with Crippen LogP contribution in [0.4, 0.5) is 4.79 Å². The number of carbonyl (C=O) groups excluding carboxylic acids is 3. The molecule has 0 aliphatic heterocycles. The zero-order valence-electron chi connectivity index (χ0n) is 18.9. The van der Waals surface area contributed by atoms with Crippen LogP contribution in [0.25, 0.3) is 0 Å². The summed E-state index contributed by atoms with van der Waals surface area (Å²) in [5, 5.41) is 14.5. The van der Waals surface area contributed by atoms with Gasteiger partial charge in [-0.05, 0) is 53.2 Å². The Morgan fingerprint density at radius 3 is 2.29 bits per heavy atom. The highest BCUT2D eigenvalue weighted by Gasteiger charge is 2.34. The van der Waals surface area contributed by atoms with E-state index in [1.54, 1.807) is 65.8 Å². The van der Waals surface area contributed by atoms with E-state index >= 15 is 0 Å². The van der Waals surface area contributed by atoms with Crippen LogP contribution < -0.4 is 10.6 Å². The van der Waals surface area contributed by atoms with Crippen molar-refractivity contribution in [3.8, 4) is 18.4 Å². The molecular weight excluding hydrogens is 396 g/mol. The predicted molar refractivity (Wildman–Crippen MR) is 117 cm³/mol. The minimum absolute atomic E-state index is 0.379. The third-order valence-corrected chi connectivity index (χ3v) is 3.81. The molecule has 1 aromatic carbocycles. The normalized spacial score (nSPS) is 12.0.